The number of carbonyl (C=O) groups is 1. The number of unbranched alkanes of at least 4 members (excludes halogenated alkanes) is 1. The molecule has 0 aliphatic carbocycles. The number of piperazine rings is 1. The number of sulfonamides is 1. The number of rotatable bonds is 7. The van der Waals surface area contributed by atoms with Gasteiger partial charge in [0, 0.05) is 32.7 Å². The third-order valence-electron chi connectivity index (χ3n) is 4.51. The topological polar surface area (TPSA) is 69.7 Å². The maximum atomic E-state index is 12.9. The van der Waals surface area contributed by atoms with Crippen molar-refractivity contribution in [2.45, 2.75) is 38.5 Å². The predicted octanol–water partition coefficient (Wildman–Crippen LogP) is 1.53. The molecule has 140 valence electrons. The molecule has 1 aliphatic rings. The molecule has 0 saturated carbocycles. The number of hydrogen-bond donors (Lipinski definition) is 1. The quantitative estimate of drug-likeness (QED) is 0.742. The van der Waals surface area contributed by atoms with Crippen molar-refractivity contribution in [2.24, 2.45) is 0 Å². The molecule has 0 unspecified atom stereocenters. The lowest BCUT2D eigenvalue weighted by molar-refractivity contribution is -0.122. The summed E-state index contributed by atoms with van der Waals surface area (Å²) in [4.78, 5) is 14.3. The second-order valence-electron chi connectivity index (χ2n) is 6.65. The summed E-state index contributed by atoms with van der Waals surface area (Å²) in [6, 6.07) is 5.50. The normalized spacial score (nSPS) is 16.8. The Morgan fingerprint density at radius 3 is 2.48 bits per heavy atom. The Hall–Kier alpha value is -1.44. The molecule has 1 aliphatic heterocycles. The van der Waals surface area contributed by atoms with E-state index in [-0.39, 0.29) is 5.91 Å². The maximum Gasteiger partial charge on any atom is 0.243 e. The molecule has 1 aromatic rings. The highest BCUT2D eigenvalue weighted by Gasteiger charge is 2.30. The van der Waals surface area contributed by atoms with Crippen molar-refractivity contribution in [2.75, 3.05) is 39.3 Å². The molecule has 0 radical (unpaired) electrons. The minimum Gasteiger partial charge on any atom is -0.355 e. The average Bonchev–Trinajstić information content (AvgIpc) is 2.57. The lowest BCUT2D eigenvalue weighted by Gasteiger charge is -2.33. The van der Waals surface area contributed by atoms with Crippen LogP contribution in [-0.4, -0.2) is 62.8 Å². The molecule has 2 rings (SSSR count). The van der Waals surface area contributed by atoms with Crippen molar-refractivity contribution in [1.82, 2.24) is 14.5 Å². The van der Waals surface area contributed by atoms with E-state index in [1.165, 1.54) is 4.31 Å². The Morgan fingerprint density at radius 2 is 1.84 bits per heavy atom. The number of benzene rings is 1. The predicted molar refractivity (Wildman–Crippen MR) is 99.0 cm³/mol. The molecule has 0 aromatic heterocycles. The van der Waals surface area contributed by atoms with E-state index in [1.807, 2.05) is 30.9 Å². The van der Waals surface area contributed by atoms with Crippen LogP contribution in [0.15, 0.2) is 23.1 Å². The van der Waals surface area contributed by atoms with Crippen LogP contribution in [0.5, 0.6) is 0 Å². The zero-order valence-electron chi connectivity index (χ0n) is 15.4. The summed E-state index contributed by atoms with van der Waals surface area (Å²) >= 11 is 0. The first-order valence-electron chi connectivity index (χ1n) is 8.91. The number of nitrogens with one attached hydrogen (secondary N) is 1. The van der Waals surface area contributed by atoms with Gasteiger partial charge in [0.05, 0.1) is 11.4 Å². The van der Waals surface area contributed by atoms with Crippen LogP contribution in [0.1, 0.15) is 30.9 Å². The number of nitrogens with zero attached hydrogens (tertiary/aromatic N) is 2. The largest absolute Gasteiger partial charge is 0.355 e. The van der Waals surface area contributed by atoms with Gasteiger partial charge in [0.25, 0.3) is 0 Å². The summed E-state index contributed by atoms with van der Waals surface area (Å²) in [5.41, 5.74) is 1.70. The van der Waals surface area contributed by atoms with Crippen LogP contribution in [0.4, 0.5) is 0 Å². The third kappa shape index (κ3) is 5.26. The highest BCUT2D eigenvalue weighted by atomic mass is 32.2. The van der Waals surface area contributed by atoms with Gasteiger partial charge in [-0.25, -0.2) is 8.42 Å². The molecule has 1 saturated heterocycles. The van der Waals surface area contributed by atoms with Gasteiger partial charge in [-0.05, 0) is 37.5 Å². The first kappa shape index (κ1) is 19.9. The number of carbonyl (C=O) groups excluding carboxylic acids is 1. The zero-order chi connectivity index (χ0) is 18.4. The monoisotopic (exact) mass is 367 g/mol. The van der Waals surface area contributed by atoms with Gasteiger partial charge in [0.2, 0.25) is 15.9 Å². The highest BCUT2D eigenvalue weighted by molar-refractivity contribution is 7.89. The lowest BCUT2D eigenvalue weighted by atomic mass is 10.2. The van der Waals surface area contributed by atoms with Gasteiger partial charge in [-0.3, -0.25) is 9.69 Å². The van der Waals surface area contributed by atoms with Crippen molar-refractivity contribution in [3.8, 4) is 0 Å². The van der Waals surface area contributed by atoms with Crippen LogP contribution in [0.2, 0.25) is 0 Å². The first-order valence-corrected chi connectivity index (χ1v) is 10.3. The summed E-state index contributed by atoms with van der Waals surface area (Å²) < 4.78 is 27.3. The van der Waals surface area contributed by atoms with E-state index in [0.717, 1.165) is 24.0 Å². The van der Waals surface area contributed by atoms with E-state index >= 15 is 0 Å². The van der Waals surface area contributed by atoms with Gasteiger partial charge in [0.15, 0.2) is 0 Å². The van der Waals surface area contributed by atoms with E-state index in [2.05, 4.69) is 12.2 Å². The van der Waals surface area contributed by atoms with Gasteiger partial charge in [-0.2, -0.15) is 4.31 Å². The number of amides is 1. The Kier molecular flexibility index (Phi) is 6.98. The third-order valence-corrected chi connectivity index (χ3v) is 6.55. The molecule has 0 spiro atoms. The van der Waals surface area contributed by atoms with Crippen molar-refractivity contribution >= 4 is 15.9 Å². The van der Waals surface area contributed by atoms with Crippen LogP contribution in [0, 0.1) is 13.8 Å². The number of aryl methyl sites for hydroxylation is 2. The zero-order valence-corrected chi connectivity index (χ0v) is 16.2. The van der Waals surface area contributed by atoms with Gasteiger partial charge in [-0.15, -0.1) is 0 Å². The van der Waals surface area contributed by atoms with Gasteiger partial charge in [-0.1, -0.05) is 25.5 Å². The fourth-order valence-corrected chi connectivity index (χ4v) is 4.65. The van der Waals surface area contributed by atoms with Gasteiger partial charge in [0.1, 0.15) is 0 Å². The van der Waals surface area contributed by atoms with E-state index in [4.69, 9.17) is 0 Å². The van der Waals surface area contributed by atoms with Crippen LogP contribution in [0.25, 0.3) is 0 Å². The molecule has 1 aromatic carbocycles. The van der Waals surface area contributed by atoms with Crippen LogP contribution >= 0.6 is 0 Å². The van der Waals surface area contributed by atoms with Gasteiger partial charge < -0.3 is 5.32 Å². The Balaban J connectivity index is 1.93. The smallest absolute Gasteiger partial charge is 0.243 e. The fourth-order valence-electron chi connectivity index (χ4n) is 2.92. The first-order chi connectivity index (χ1) is 11.8. The average molecular weight is 368 g/mol. The van der Waals surface area contributed by atoms with Crippen LogP contribution < -0.4 is 5.32 Å². The summed E-state index contributed by atoms with van der Waals surface area (Å²) in [5, 5.41) is 2.90. The Bertz CT molecular complexity index is 696. The van der Waals surface area contributed by atoms with Crippen molar-refractivity contribution in [1.29, 1.82) is 0 Å². The molecule has 1 amide bonds. The van der Waals surface area contributed by atoms with Gasteiger partial charge >= 0.3 is 0 Å². The molecule has 1 fully saturated rings. The fraction of sp³-hybridized carbons (Fsp3) is 0.611. The van der Waals surface area contributed by atoms with E-state index < -0.39 is 10.0 Å². The summed E-state index contributed by atoms with van der Waals surface area (Å²) in [6.07, 6.45) is 2.03. The molecule has 6 nitrogen and oxygen atoms in total. The van der Waals surface area contributed by atoms with Crippen molar-refractivity contribution < 1.29 is 13.2 Å². The minimum atomic E-state index is -3.48. The maximum absolute atomic E-state index is 12.9. The lowest BCUT2D eigenvalue weighted by Crippen LogP contribution is -2.51. The highest BCUT2D eigenvalue weighted by Crippen LogP contribution is 2.22. The van der Waals surface area contributed by atoms with E-state index in [0.29, 0.717) is 44.2 Å². The van der Waals surface area contributed by atoms with Crippen molar-refractivity contribution in [3.05, 3.63) is 29.3 Å². The summed E-state index contributed by atoms with van der Waals surface area (Å²) in [5.74, 6) is 0.0132. The Morgan fingerprint density at radius 1 is 1.16 bits per heavy atom. The van der Waals surface area contributed by atoms with Crippen LogP contribution in [0.3, 0.4) is 0 Å². The molecular weight excluding hydrogens is 338 g/mol. The minimum absolute atomic E-state index is 0.0132. The molecule has 1 N–H and O–H groups in total. The number of hydrogen-bond acceptors (Lipinski definition) is 4. The second kappa shape index (κ2) is 8.78. The molecule has 1 heterocycles. The molecule has 7 heteroatoms. The van der Waals surface area contributed by atoms with Crippen molar-refractivity contribution in [3.63, 3.8) is 0 Å². The summed E-state index contributed by atoms with van der Waals surface area (Å²) in [6.45, 7) is 8.82. The molecular formula is C18H29N3O3S. The molecule has 25 heavy (non-hydrogen) atoms. The van der Waals surface area contributed by atoms with E-state index in [1.54, 1.807) is 6.07 Å². The standard InChI is InChI=1S/C18H29N3O3S/c1-4-5-8-19-18(22)14-20-9-11-21(12-10-20)25(23,24)17-13-15(2)6-7-16(17)3/h6-7,13H,4-5,8-12,14H2,1-3H3,(H,19,22). The molecule has 0 bridgehead atoms. The Labute approximate surface area is 151 Å². The van der Waals surface area contributed by atoms with E-state index in [9.17, 15) is 13.2 Å². The summed E-state index contributed by atoms with van der Waals surface area (Å²) in [7, 11) is -3.48. The van der Waals surface area contributed by atoms with Crippen LogP contribution in [-0.2, 0) is 14.8 Å². The SMILES string of the molecule is CCCCNC(=O)CN1CCN(S(=O)(=O)c2cc(C)ccc2C)CC1. The second-order valence-corrected chi connectivity index (χ2v) is 8.56. The molecule has 0 atom stereocenters.